The van der Waals surface area contributed by atoms with Crippen molar-refractivity contribution >= 4 is 41.0 Å². The molecule has 3 rings (SSSR count). The molecule has 1 aliphatic heterocycles. The van der Waals surface area contributed by atoms with Gasteiger partial charge in [-0.05, 0) is 30.7 Å². The average Bonchev–Trinajstić information content (AvgIpc) is 2.84. The highest BCUT2D eigenvalue weighted by molar-refractivity contribution is 14.0. The largest absolute Gasteiger partial charge is 0.352 e. The van der Waals surface area contributed by atoms with Crippen LogP contribution in [-0.2, 0) is 0 Å². The fourth-order valence-electron chi connectivity index (χ4n) is 2.73. The lowest BCUT2D eigenvalue weighted by Crippen LogP contribution is -2.29. The molecule has 0 unspecified atom stereocenters. The predicted molar refractivity (Wildman–Crippen MR) is 97.5 cm³/mol. The Morgan fingerprint density at radius 3 is 2.41 bits per heavy atom. The zero-order valence-corrected chi connectivity index (χ0v) is 14.8. The summed E-state index contributed by atoms with van der Waals surface area (Å²) in [5.41, 5.74) is 2.50. The van der Waals surface area contributed by atoms with Gasteiger partial charge < -0.3 is 9.80 Å². The summed E-state index contributed by atoms with van der Waals surface area (Å²) >= 11 is 0. The van der Waals surface area contributed by atoms with Gasteiger partial charge in [-0.2, -0.15) is 0 Å². The summed E-state index contributed by atoms with van der Waals surface area (Å²) in [5.74, 6) is -1.08. The van der Waals surface area contributed by atoms with Crippen LogP contribution in [0.4, 0.5) is 25.8 Å². The topological polar surface area (TPSA) is 6.48 Å². The van der Waals surface area contributed by atoms with Crippen LogP contribution < -0.4 is 9.80 Å². The lowest BCUT2D eigenvalue weighted by atomic mass is 10.2. The molecule has 0 saturated carbocycles. The Labute approximate surface area is 146 Å². The number of rotatable bonds is 4. The van der Waals surface area contributed by atoms with E-state index in [9.17, 15) is 8.78 Å². The second-order valence-electron chi connectivity index (χ2n) is 5.27. The minimum absolute atomic E-state index is 0. The Bertz CT molecular complexity index is 648. The van der Waals surface area contributed by atoms with E-state index in [-0.39, 0.29) is 24.0 Å². The second kappa shape index (κ2) is 7.26. The first-order valence-electron chi connectivity index (χ1n) is 7.27. The van der Waals surface area contributed by atoms with Crippen LogP contribution in [0.15, 0.2) is 42.5 Å². The van der Waals surface area contributed by atoms with Crippen LogP contribution in [-0.4, -0.2) is 13.2 Å². The quantitative estimate of drug-likeness (QED) is 0.625. The van der Waals surface area contributed by atoms with Gasteiger partial charge in [-0.3, -0.25) is 0 Å². The maximum Gasteiger partial charge on any atom is 0.149 e. The third-order valence-electron chi connectivity index (χ3n) is 3.81. The zero-order chi connectivity index (χ0) is 14.8. The molecule has 0 atom stereocenters. The molecule has 0 fully saturated rings. The molecule has 0 spiro atoms. The van der Waals surface area contributed by atoms with E-state index in [1.54, 1.807) is 0 Å². The van der Waals surface area contributed by atoms with Crippen LogP contribution in [0, 0.1) is 11.6 Å². The Morgan fingerprint density at radius 2 is 1.73 bits per heavy atom. The smallest absolute Gasteiger partial charge is 0.149 e. The molecular weight excluding hydrogens is 397 g/mol. The lowest BCUT2D eigenvalue weighted by Gasteiger charge is -2.22. The standard InChI is InChI=1S/C17H18F2N2.HI/c1-2-3-10-20-12-21(17-7-5-4-6-16(17)20)15-9-8-13(18)11-14(15)19;/h4-9,11H,2-3,10,12H2,1H3;1H. The van der Waals surface area contributed by atoms with E-state index in [4.69, 9.17) is 0 Å². The van der Waals surface area contributed by atoms with E-state index in [1.165, 1.54) is 12.1 Å². The maximum atomic E-state index is 14.1. The minimum atomic E-state index is -0.549. The first-order chi connectivity index (χ1) is 10.2. The van der Waals surface area contributed by atoms with Crippen molar-refractivity contribution in [2.24, 2.45) is 0 Å². The van der Waals surface area contributed by atoms with Gasteiger partial charge in [0.15, 0.2) is 0 Å². The zero-order valence-electron chi connectivity index (χ0n) is 12.4. The monoisotopic (exact) mass is 416 g/mol. The van der Waals surface area contributed by atoms with Crippen molar-refractivity contribution in [3.63, 3.8) is 0 Å². The highest BCUT2D eigenvalue weighted by atomic mass is 127. The molecule has 1 heterocycles. The van der Waals surface area contributed by atoms with E-state index < -0.39 is 11.6 Å². The van der Waals surface area contributed by atoms with Gasteiger partial charge in [0.2, 0.25) is 0 Å². The summed E-state index contributed by atoms with van der Waals surface area (Å²) in [4.78, 5) is 4.14. The molecule has 0 radical (unpaired) electrons. The van der Waals surface area contributed by atoms with Crippen LogP contribution in [0.25, 0.3) is 0 Å². The Balaban J connectivity index is 0.00000176. The summed E-state index contributed by atoms with van der Waals surface area (Å²) < 4.78 is 27.2. The summed E-state index contributed by atoms with van der Waals surface area (Å²) in [5, 5.41) is 0. The summed E-state index contributed by atoms with van der Waals surface area (Å²) in [6, 6.07) is 11.7. The lowest BCUT2D eigenvalue weighted by molar-refractivity contribution is 0.582. The number of hydrogen-bond donors (Lipinski definition) is 0. The number of fused-ring (bicyclic) bond motifs is 1. The molecule has 0 bridgehead atoms. The van der Waals surface area contributed by atoms with Gasteiger partial charge in [0.25, 0.3) is 0 Å². The molecule has 0 aromatic heterocycles. The van der Waals surface area contributed by atoms with Crippen molar-refractivity contribution in [1.82, 2.24) is 0 Å². The third kappa shape index (κ3) is 3.19. The first-order valence-corrected chi connectivity index (χ1v) is 7.27. The van der Waals surface area contributed by atoms with Gasteiger partial charge in [0.1, 0.15) is 11.6 Å². The highest BCUT2D eigenvalue weighted by Crippen LogP contribution is 2.41. The van der Waals surface area contributed by atoms with Gasteiger partial charge in [-0.25, -0.2) is 8.78 Å². The Kier molecular flexibility index (Phi) is 5.61. The van der Waals surface area contributed by atoms with Crippen molar-refractivity contribution in [3.8, 4) is 0 Å². The van der Waals surface area contributed by atoms with Crippen LogP contribution in [0.5, 0.6) is 0 Å². The SMILES string of the molecule is CCCCN1CN(c2ccc(F)cc2F)c2ccccc21.I. The van der Waals surface area contributed by atoms with Crippen LogP contribution in [0.3, 0.4) is 0 Å². The Hall–Kier alpha value is -1.37. The summed E-state index contributed by atoms with van der Waals surface area (Å²) in [6.07, 6.45) is 2.21. The van der Waals surface area contributed by atoms with Crippen molar-refractivity contribution in [2.75, 3.05) is 23.0 Å². The molecular formula is C17H19F2IN2. The van der Waals surface area contributed by atoms with Gasteiger partial charge >= 0.3 is 0 Å². The molecule has 0 aliphatic carbocycles. The number of para-hydroxylation sites is 2. The molecule has 0 amide bonds. The van der Waals surface area contributed by atoms with Crippen molar-refractivity contribution in [2.45, 2.75) is 19.8 Å². The fourth-order valence-corrected chi connectivity index (χ4v) is 2.73. The fraction of sp³-hybridized carbons (Fsp3) is 0.294. The number of unbranched alkanes of at least 4 members (excludes halogenated alkanes) is 1. The second-order valence-corrected chi connectivity index (χ2v) is 5.27. The van der Waals surface area contributed by atoms with Crippen molar-refractivity contribution < 1.29 is 8.78 Å². The summed E-state index contributed by atoms with van der Waals surface area (Å²) in [6.45, 7) is 3.69. The molecule has 2 aromatic carbocycles. The number of benzene rings is 2. The number of nitrogens with zero attached hydrogens (tertiary/aromatic N) is 2. The normalized spacial score (nSPS) is 13.0. The highest BCUT2D eigenvalue weighted by Gasteiger charge is 2.27. The van der Waals surface area contributed by atoms with Gasteiger partial charge in [0.05, 0.1) is 23.7 Å². The molecule has 2 aromatic rings. The predicted octanol–water partition coefficient (Wildman–Crippen LogP) is 5.30. The van der Waals surface area contributed by atoms with Crippen LogP contribution in [0.1, 0.15) is 19.8 Å². The molecule has 1 aliphatic rings. The molecule has 0 saturated heterocycles. The van der Waals surface area contributed by atoms with E-state index in [2.05, 4.69) is 11.8 Å². The van der Waals surface area contributed by atoms with Crippen LogP contribution in [0.2, 0.25) is 0 Å². The molecule has 22 heavy (non-hydrogen) atoms. The van der Waals surface area contributed by atoms with E-state index in [0.29, 0.717) is 12.4 Å². The third-order valence-corrected chi connectivity index (χ3v) is 3.81. The van der Waals surface area contributed by atoms with E-state index in [1.807, 2.05) is 29.2 Å². The van der Waals surface area contributed by atoms with Crippen molar-refractivity contribution in [1.29, 1.82) is 0 Å². The van der Waals surface area contributed by atoms with Gasteiger partial charge in [-0.15, -0.1) is 24.0 Å². The molecule has 2 nitrogen and oxygen atoms in total. The van der Waals surface area contributed by atoms with Gasteiger partial charge in [0, 0.05) is 12.6 Å². The maximum absolute atomic E-state index is 14.1. The Morgan fingerprint density at radius 1 is 1.00 bits per heavy atom. The number of halogens is 3. The summed E-state index contributed by atoms with van der Waals surface area (Å²) in [7, 11) is 0. The van der Waals surface area contributed by atoms with E-state index in [0.717, 1.165) is 36.8 Å². The average molecular weight is 416 g/mol. The van der Waals surface area contributed by atoms with Crippen molar-refractivity contribution in [3.05, 3.63) is 54.1 Å². The van der Waals surface area contributed by atoms with Gasteiger partial charge in [-0.1, -0.05) is 25.5 Å². The van der Waals surface area contributed by atoms with Crippen LogP contribution >= 0.6 is 24.0 Å². The number of anilines is 3. The number of hydrogen-bond acceptors (Lipinski definition) is 2. The molecule has 118 valence electrons. The molecule has 5 heteroatoms. The van der Waals surface area contributed by atoms with E-state index >= 15 is 0 Å². The first kappa shape index (κ1) is 17.0. The molecule has 0 N–H and O–H groups in total. The minimum Gasteiger partial charge on any atom is -0.352 e.